The van der Waals surface area contributed by atoms with Crippen molar-refractivity contribution >= 4 is 11.8 Å². The van der Waals surface area contributed by atoms with Gasteiger partial charge in [0.15, 0.2) is 5.78 Å². The van der Waals surface area contributed by atoms with E-state index in [0.717, 1.165) is 39.4 Å². The van der Waals surface area contributed by atoms with Crippen LogP contribution >= 0.6 is 0 Å². The summed E-state index contributed by atoms with van der Waals surface area (Å²) >= 11 is 0. The zero-order valence-corrected chi connectivity index (χ0v) is 25.4. The molecule has 0 aliphatic rings. The van der Waals surface area contributed by atoms with Gasteiger partial charge in [0, 0.05) is 12.0 Å². The minimum Gasteiger partial charge on any atom is -0.478 e. The lowest BCUT2D eigenvalue weighted by atomic mass is 9.86. The summed E-state index contributed by atoms with van der Waals surface area (Å²) in [6.45, 7) is 4.00. The van der Waals surface area contributed by atoms with Crippen LogP contribution in [0.3, 0.4) is 0 Å². The quantitative estimate of drug-likeness (QED) is 0.124. The first-order valence-corrected chi connectivity index (χ1v) is 14.9. The van der Waals surface area contributed by atoms with Gasteiger partial charge < -0.3 is 5.11 Å². The molecular weight excluding hydrogens is 592 g/mol. The molecule has 234 valence electrons. The molecule has 0 bridgehead atoms. The Hall–Kier alpha value is -5.04. The Morgan fingerprint density at radius 2 is 1.30 bits per heavy atom. The fraction of sp³-hybridized carbons (Fsp3) is 0.179. The second kappa shape index (κ2) is 13.5. The van der Waals surface area contributed by atoms with Crippen LogP contribution in [0.1, 0.15) is 68.3 Å². The number of rotatable bonds is 10. The predicted octanol–water partition coefficient (Wildman–Crippen LogP) is 10.2. The maximum atomic E-state index is 13.3. The van der Waals surface area contributed by atoms with Gasteiger partial charge in [-0.3, -0.25) is 4.79 Å². The number of aryl methyl sites for hydroxylation is 2. The van der Waals surface area contributed by atoms with E-state index >= 15 is 0 Å². The fourth-order valence-corrected chi connectivity index (χ4v) is 5.55. The molecule has 1 N–H and O–H groups in total. The van der Waals surface area contributed by atoms with Crippen molar-refractivity contribution in [3.63, 3.8) is 0 Å². The van der Waals surface area contributed by atoms with Crippen LogP contribution < -0.4 is 0 Å². The van der Waals surface area contributed by atoms with Gasteiger partial charge in [0.05, 0.1) is 11.1 Å². The van der Waals surface area contributed by atoms with Crippen LogP contribution in [0.2, 0.25) is 0 Å². The normalized spacial score (nSPS) is 11.5. The van der Waals surface area contributed by atoms with Gasteiger partial charge in [-0.05, 0) is 87.5 Å². The van der Waals surface area contributed by atoms with E-state index in [1.54, 1.807) is 54.6 Å². The molecule has 0 spiro atoms. The minimum absolute atomic E-state index is 0.0299. The number of aromatic carboxylic acids is 1. The predicted molar refractivity (Wildman–Crippen MR) is 172 cm³/mol. The molecule has 0 aromatic heterocycles. The van der Waals surface area contributed by atoms with Crippen molar-refractivity contribution < 1.29 is 32.3 Å². The van der Waals surface area contributed by atoms with E-state index in [4.69, 9.17) is 0 Å². The molecule has 0 aliphatic heterocycles. The Morgan fingerprint density at radius 1 is 0.717 bits per heavy atom. The maximum absolute atomic E-state index is 13.3. The zero-order valence-electron chi connectivity index (χ0n) is 25.4. The van der Waals surface area contributed by atoms with E-state index in [0.29, 0.717) is 29.5 Å². The van der Waals surface area contributed by atoms with Crippen LogP contribution in [0.4, 0.5) is 17.6 Å². The Kier molecular flexibility index (Phi) is 9.52. The van der Waals surface area contributed by atoms with Gasteiger partial charge in [-0.25, -0.2) is 9.18 Å². The molecule has 5 aromatic rings. The van der Waals surface area contributed by atoms with Crippen LogP contribution in [-0.4, -0.2) is 16.9 Å². The molecule has 0 fully saturated rings. The lowest BCUT2D eigenvalue weighted by Gasteiger charge is -2.18. The van der Waals surface area contributed by atoms with Gasteiger partial charge in [-0.15, -0.1) is 0 Å². The average Bonchev–Trinajstić information content (AvgIpc) is 3.04. The first-order chi connectivity index (χ1) is 21.9. The number of Topliss-reactive ketones (excluding diaryl/α,β-unsaturated/α-hetero) is 1. The van der Waals surface area contributed by atoms with Gasteiger partial charge in [0.1, 0.15) is 5.82 Å². The zero-order chi connectivity index (χ0) is 33.0. The summed E-state index contributed by atoms with van der Waals surface area (Å²) in [4.78, 5) is 25.7. The van der Waals surface area contributed by atoms with Crippen molar-refractivity contribution in [1.82, 2.24) is 0 Å². The number of hydrogen-bond donors (Lipinski definition) is 1. The lowest BCUT2D eigenvalue weighted by Crippen LogP contribution is -2.11. The minimum atomic E-state index is -4.39. The van der Waals surface area contributed by atoms with Gasteiger partial charge >= 0.3 is 12.1 Å². The number of benzene rings is 5. The van der Waals surface area contributed by atoms with Crippen LogP contribution in [0.15, 0.2) is 109 Å². The Labute approximate surface area is 265 Å². The molecule has 0 radical (unpaired) electrons. The highest BCUT2D eigenvalue weighted by molar-refractivity contribution is 6.00. The highest BCUT2D eigenvalue weighted by Crippen LogP contribution is 2.34. The maximum Gasteiger partial charge on any atom is 0.416 e. The van der Waals surface area contributed by atoms with E-state index in [9.17, 15) is 32.3 Å². The largest absolute Gasteiger partial charge is 0.478 e. The van der Waals surface area contributed by atoms with Crippen molar-refractivity contribution in [2.24, 2.45) is 0 Å². The van der Waals surface area contributed by atoms with E-state index < -0.39 is 17.7 Å². The molecule has 7 heteroatoms. The van der Waals surface area contributed by atoms with Crippen molar-refractivity contribution in [2.45, 2.75) is 45.2 Å². The van der Waals surface area contributed by atoms with Crippen molar-refractivity contribution in [1.29, 1.82) is 0 Å². The smallest absolute Gasteiger partial charge is 0.416 e. The van der Waals surface area contributed by atoms with Crippen molar-refractivity contribution in [2.75, 3.05) is 0 Å². The van der Waals surface area contributed by atoms with Crippen molar-refractivity contribution in [3.05, 3.63) is 154 Å². The molecule has 0 saturated carbocycles. The Bertz CT molecular complexity index is 1850. The number of carboxylic acid groups (broad SMARTS) is 1. The monoisotopic (exact) mass is 624 g/mol. The summed E-state index contributed by atoms with van der Waals surface area (Å²) in [6.07, 6.45) is -3.49. The number of hydrogen-bond acceptors (Lipinski definition) is 2. The topological polar surface area (TPSA) is 54.4 Å². The SMILES string of the molecule is CC(C)c1cc(CC(=O)c2ccc(-c3ccc(F)cc3)cc2)c(C(=O)O)cc1-c1ccc(CCc2cccc(C(F)(F)F)c2)cc1. The van der Waals surface area contributed by atoms with Gasteiger partial charge in [0.2, 0.25) is 0 Å². The van der Waals surface area contributed by atoms with Crippen LogP contribution in [0, 0.1) is 5.82 Å². The number of carbonyl (C=O) groups is 2. The molecule has 5 aromatic carbocycles. The first-order valence-electron chi connectivity index (χ1n) is 14.9. The molecular formula is C39H32F4O3. The number of carbonyl (C=O) groups excluding carboxylic acids is 1. The van der Waals surface area contributed by atoms with Gasteiger partial charge in [-0.1, -0.05) is 98.8 Å². The first kappa shape index (κ1) is 32.4. The fourth-order valence-electron chi connectivity index (χ4n) is 5.55. The molecule has 3 nitrogen and oxygen atoms in total. The summed E-state index contributed by atoms with van der Waals surface area (Å²) < 4.78 is 52.5. The van der Waals surface area contributed by atoms with Gasteiger partial charge in [0.25, 0.3) is 0 Å². The van der Waals surface area contributed by atoms with E-state index in [1.807, 2.05) is 38.1 Å². The number of alkyl halides is 3. The molecule has 46 heavy (non-hydrogen) atoms. The van der Waals surface area contributed by atoms with Crippen LogP contribution in [0.5, 0.6) is 0 Å². The van der Waals surface area contributed by atoms with Gasteiger partial charge in [-0.2, -0.15) is 13.2 Å². The van der Waals surface area contributed by atoms with E-state index in [2.05, 4.69) is 0 Å². The summed E-state index contributed by atoms with van der Waals surface area (Å²) in [6, 6.07) is 29.3. The molecule has 5 rings (SSSR count). The highest BCUT2D eigenvalue weighted by atomic mass is 19.4. The Balaban J connectivity index is 1.36. The summed E-state index contributed by atoms with van der Waals surface area (Å²) in [5.74, 6) is -1.66. The van der Waals surface area contributed by atoms with Crippen molar-refractivity contribution in [3.8, 4) is 22.3 Å². The average molecular weight is 625 g/mol. The molecule has 0 unspecified atom stereocenters. The highest BCUT2D eigenvalue weighted by Gasteiger charge is 2.30. The lowest BCUT2D eigenvalue weighted by molar-refractivity contribution is -0.137. The molecule has 0 aliphatic carbocycles. The standard InChI is InChI=1S/C39H32F4O3/c1-24(2)34-21-31(22-37(44)30-14-12-27(13-15-30)28-16-18-33(40)19-17-28)36(38(45)46)23-35(34)29-10-8-25(9-11-29)6-7-26-4-3-5-32(20-26)39(41,42)43/h3-5,8-21,23-24H,6-7,22H2,1-2H3,(H,45,46). The molecule has 0 atom stereocenters. The third kappa shape index (κ3) is 7.60. The van der Waals surface area contributed by atoms with Crippen LogP contribution in [-0.2, 0) is 25.4 Å². The van der Waals surface area contributed by atoms with E-state index in [-0.39, 0.29) is 29.5 Å². The number of ketones is 1. The second-order valence-electron chi connectivity index (χ2n) is 11.6. The third-order valence-corrected chi connectivity index (χ3v) is 8.08. The summed E-state index contributed by atoms with van der Waals surface area (Å²) in [5, 5.41) is 10.1. The third-order valence-electron chi connectivity index (χ3n) is 8.08. The molecule has 0 saturated heterocycles. The summed E-state index contributed by atoms with van der Waals surface area (Å²) in [7, 11) is 0. The Morgan fingerprint density at radius 3 is 1.89 bits per heavy atom. The summed E-state index contributed by atoms with van der Waals surface area (Å²) in [5.41, 5.74) is 5.88. The molecule has 0 heterocycles. The van der Waals surface area contributed by atoms with Crippen LogP contribution in [0.25, 0.3) is 22.3 Å². The number of halogens is 4. The number of carboxylic acids is 1. The second-order valence-corrected chi connectivity index (χ2v) is 11.6. The molecule has 0 amide bonds. The van der Waals surface area contributed by atoms with E-state index in [1.165, 1.54) is 24.3 Å².